The van der Waals surface area contributed by atoms with Gasteiger partial charge in [-0.1, -0.05) is 0 Å². The van der Waals surface area contributed by atoms with Crippen molar-refractivity contribution in [1.82, 2.24) is 9.88 Å². The van der Waals surface area contributed by atoms with Crippen LogP contribution in [0.4, 0.5) is 14.5 Å². The monoisotopic (exact) mass is 443 g/mol. The summed E-state index contributed by atoms with van der Waals surface area (Å²) in [5.41, 5.74) is 0.540. The number of amides is 1. The van der Waals surface area contributed by atoms with E-state index in [1.54, 1.807) is 6.20 Å². The second-order valence-corrected chi connectivity index (χ2v) is 11.7. The van der Waals surface area contributed by atoms with Crippen molar-refractivity contribution in [3.8, 4) is 0 Å². The SMILES string of the molecule is O=C(c1ncc(NC23CC4CC(F)(CC(F)(C4)C2)C3)c2c1C1CCC2C1)N1CCOCC1. The van der Waals surface area contributed by atoms with Crippen molar-refractivity contribution in [2.24, 2.45) is 5.92 Å². The van der Waals surface area contributed by atoms with E-state index in [-0.39, 0.29) is 18.2 Å². The van der Waals surface area contributed by atoms with Crippen LogP contribution in [0.15, 0.2) is 6.20 Å². The molecule has 1 saturated heterocycles. The molecule has 0 spiro atoms. The van der Waals surface area contributed by atoms with Crippen molar-refractivity contribution in [2.45, 2.75) is 86.5 Å². The van der Waals surface area contributed by atoms with Crippen LogP contribution in [0.25, 0.3) is 0 Å². The lowest BCUT2D eigenvalue weighted by Gasteiger charge is -2.61. The van der Waals surface area contributed by atoms with Gasteiger partial charge in [0.2, 0.25) is 0 Å². The Morgan fingerprint density at radius 3 is 2.41 bits per heavy atom. The number of ether oxygens (including phenoxy) is 1. The van der Waals surface area contributed by atoms with Crippen LogP contribution >= 0.6 is 0 Å². The first-order valence-electron chi connectivity index (χ1n) is 12.4. The topological polar surface area (TPSA) is 54.5 Å². The van der Waals surface area contributed by atoms with Gasteiger partial charge >= 0.3 is 0 Å². The zero-order chi connectivity index (χ0) is 21.7. The highest BCUT2D eigenvalue weighted by Gasteiger charge is 2.65. The predicted octanol–water partition coefficient (Wildman–Crippen LogP) is 4.48. The summed E-state index contributed by atoms with van der Waals surface area (Å²) in [5, 5.41) is 3.68. The normalized spacial score (nSPS) is 43.6. The predicted molar refractivity (Wildman–Crippen MR) is 116 cm³/mol. The Morgan fingerprint density at radius 2 is 1.72 bits per heavy atom. The van der Waals surface area contributed by atoms with Crippen molar-refractivity contribution >= 4 is 11.6 Å². The van der Waals surface area contributed by atoms with Crippen molar-refractivity contribution < 1.29 is 18.3 Å². The van der Waals surface area contributed by atoms with Crippen LogP contribution in [0.5, 0.6) is 0 Å². The number of alkyl halides is 2. The van der Waals surface area contributed by atoms with Gasteiger partial charge in [0, 0.05) is 37.9 Å². The molecule has 8 rings (SSSR count). The fraction of sp³-hybridized carbons (Fsp3) is 0.760. The number of morpholine rings is 1. The van der Waals surface area contributed by atoms with Crippen LogP contribution in [0.1, 0.15) is 91.2 Å². The molecule has 6 fully saturated rings. The summed E-state index contributed by atoms with van der Waals surface area (Å²) < 4.78 is 36.5. The van der Waals surface area contributed by atoms with Crippen LogP contribution < -0.4 is 5.32 Å². The van der Waals surface area contributed by atoms with E-state index in [9.17, 15) is 4.79 Å². The Balaban J connectivity index is 1.26. The maximum absolute atomic E-state index is 15.5. The molecule has 6 bridgehead atoms. The molecule has 1 aromatic heterocycles. The maximum Gasteiger partial charge on any atom is 0.272 e. The molecule has 5 saturated carbocycles. The lowest BCUT2D eigenvalue weighted by atomic mass is 9.50. The minimum Gasteiger partial charge on any atom is -0.378 e. The van der Waals surface area contributed by atoms with Crippen LogP contribution in [-0.2, 0) is 4.74 Å². The summed E-state index contributed by atoms with van der Waals surface area (Å²) in [6.45, 7) is 2.34. The number of hydrogen-bond acceptors (Lipinski definition) is 4. The van der Waals surface area contributed by atoms with Crippen molar-refractivity contribution in [3.63, 3.8) is 0 Å². The molecule has 0 aromatic carbocycles. The molecule has 32 heavy (non-hydrogen) atoms. The van der Waals surface area contributed by atoms with Gasteiger partial charge < -0.3 is 15.0 Å². The number of nitrogens with one attached hydrogen (secondary N) is 1. The smallest absolute Gasteiger partial charge is 0.272 e. The zero-order valence-corrected chi connectivity index (χ0v) is 18.5. The Kier molecular flexibility index (Phi) is 3.95. The van der Waals surface area contributed by atoms with E-state index in [1.165, 1.54) is 5.56 Å². The van der Waals surface area contributed by atoms with Gasteiger partial charge in [-0.2, -0.15) is 0 Å². The largest absolute Gasteiger partial charge is 0.378 e. The molecule has 1 aromatic rings. The van der Waals surface area contributed by atoms with Gasteiger partial charge in [0.25, 0.3) is 5.91 Å². The van der Waals surface area contributed by atoms with Crippen LogP contribution in [-0.4, -0.2) is 59.0 Å². The molecule has 7 aliphatic rings. The molecule has 1 amide bonds. The number of pyridine rings is 1. The molecule has 0 radical (unpaired) electrons. The first kappa shape index (κ1) is 19.7. The van der Waals surface area contributed by atoms with Crippen LogP contribution in [0.3, 0.4) is 0 Å². The Labute approximate surface area is 187 Å². The first-order valence-corrected chi connectivity index (χ1v) is 12.4. The van der Waals surface area contributed by atoms with E-state index in [4.69, 9.17) is 9.72 Å². The first-order chi connectivity index (χ1) is 15.3. The molecule has 172 valence electrons. The summed E-state index contributed by atoms with van der Waals surface area (Å²) in [4.78, 5) is 19.9. The molecular formula is C25H31F2N3O2. The van der Waals surface area contributed by atoms with E-state index >= 15 is 8.78 Å². The van der Waals surface area contributed by atoms with E-state index < -0.39 is 16.9 Å². The fourth-order valence-electron chi connectivity index (χ4n) is 8.72. The lowest BCUT2D eigenvalue weighted by molar-refractivity contribution is -0.137. The van der Waals surface area contributed by atoms with Gasteiger partial charge in [-0.05, 0) is 67.4 Å². The number of carbonyl (C=O) groups is 1. The van der Waals surface area contributed by atoms with Gasteiger partial charge in [0.1, 0.15) is 17.0 Å². The second kappa shape index (κ2) is 6.43. The summed E-state index contributed by atoms with van der Waals surface area (Å²) in [7, 11) is 0. The summed E-state index contributed by atoms with van der Waals surface area (Å²) in [5.74, 6) is 0.919. The fourth-order valence-corrected chi connectivity index (χ4v) is 8.72. The number of fused-ring (bicyclic) bond motifs is 5. The van der Waals surface area contributed by atoms with Gasteiger partial charge in [-0.15, -0.1) is 0 Å². The number of anilines is 1. The highest BCUT2D eigenvalue weighted by molar-refractivity contribution is 5.95. The molecule has 5 nitrogen and oxygen atoms in total. The van der Waals surface area contributed by atoms with E-state index in [0.717, 1.165) is 36.9 Å². The number of nitrogens with zero attached hydrogens (tertiary/aromatic N) is 2. The number of rotatable bonds is 3. The summed E-state index contributed by atoms with van der Waals surface area (Å²) >= 11 is 0. The lowest BCUT2D eigenvalue weighted by Crippen LogP contribution is -2.65. The van der Waals surface area contributed by atoms with Crippen LogP contribution in [0.2, 0.25) is 0 Å². The maximum atomic E-state index is 15.5. The van der Waals surface area contributed by atoms with Crippen molar-refractivity contribution in [3.05, 3.63) is 23.0 Å². The van der Waals surface area contributed by atoms with E-state index in [0.29, 0.717) is 69.5 Å². The molecule has 1 aliphatic heterocycles. The number of hydrogen-bond donors (Lipinski definition) is 1. The minimum absolute atomic E-state index is 0.00359. The number of halogens is 2. The average molecular weight is 444 g/mol. The summed E-state index contributed by atoms with van der Waals surface area (Å²) in [6, 6.07) is 0. The van der Waals surface area contributed by atoms with Gasteiger partial charge in [0.05, 0.1) is 25.1 Å². The highest BCUT2D eigenvalue weighted by Crippen LogP contribution is 2.64. The Morgan fingerprint density at radius 1 is 1.03 bits per heavy atom. The Hall–Kier alpha value is -1.76. The quantitative estimate of drug-likeness (QED) is 0.748. The average Bonchev–Trinajstić information content (AvgIpc) is 3.34. The molecule has 1 N–H and O–H groups in total. The third-order valence-electron chi connectivity index (χ3n) is 9.24. The molecule has 2 heterocycles. The third kappa shape index (κ3) is 2.82. The summed E-state index contributed by atoms with van der Waals surface area (Å²) in [6.07, 6.45) is 7.77. The molecule has 6 aliphatic carbocycles. The number of aromatic nitrogens is 1. The minimum atomic E-state index is -1.39. The number of carbonyl (C=O) groups excluding carboxylic acids is 1. The van der Waals surface area contributed by atoms with E-state index in [2.05, 4.69) is 5.32 Å². The van der Waals surface area contributed by atoms with Crippen LogP contribution in [0, 0.1) is 5.92 Å². The Bertz CT molecular complexity index is 976. The molecule has 4 unspecified atom stereocenters. The van der Waals surface area contributed by atoms with Crippen molar-refractivity contribution in [1.29, 1.82) is 0 Å². The standard InChI is InChI=1S/C25H31F2N3O2/c26-23-8-15-9-24(27,12-23)14-25(10-15,13-23)29-18-11-28-21(22(31)30-3-5-32-6-4-30)20-17-2-1-16(7-17)19(18)20/h11,15-17,29H,1-10,12-14H2. The zero-order valence-electron chi connectivity index (χ0n) is 18.5. The molecular weight excluding hydrogens is 412 g/mol. The van der Waals surface area contributed by atoms with Gasteiger partial charge in [-0.25, -0.2) is 13.8 Å². The van der Waals surface area contributed by atoms with Gasteiger partial charge in [-0.3, -0.25) is 4.79 Å². The highest BCUT2D eigenvalue weighted by atomic mass is 19.2. The van der Waals surface area contributed by atoms with E-state index in [1.807, 2.05) is 4.90 Å². The molecule has 7 heteroatoms. The van der Waals surface area contributed by atoms with Gasteiger partial charge in [0.15, 0.2) is 0 Å². The third-order valence-corrected chi connectivity index (χ3v) is 9.24. The molecule has 4 atom stereocenters. The second-order valence-electron chi connectivity index (χ2n) is 11.7. The van der Waals surface area contributed by atoms with Crippen molar-refractivity contribution in [2.75, 3.05) is 31.6 Å².